The summed E-state index contributed by atoms with van der Waals surface area (Å²) in [7, 11) is 0. The molecule has 1 atom stereocenters. The van der Waals surface area contributed by atoms with Gasteiger partial charge in [0, 0.05) is 28.0 Å². The van der Waals surface area contributed by atoms with Gasteiger partial charge in [0.2, 0.25) is 0 Å². The number of anilines is 1. The van der Waals surface area contributed by atoms with E-state index in [0.717, 1.165) is 34.3 Å². The molecule has 0 aliphatic carbocycles. The van der Waals surface area contributed by atoms with Gasteiger partial charge in [-0.05, 0) is 32.8 Å². The normalized spacial score (nSPS) is 18.6. The molecule has 0 spiro atoms. The van der Waals surface area contributed by atoms with Crippen LogP contribution in [-0.4, -0.2) is 40.1 Å². The third kappa shape index (κ3) is 2.28. The Morgan fingerprint density at radius 1 is 1.57 bits per heavy atom. The number of thiophene rings is 1. The summed E-state index contributed by atoms with van der Waals surface area (Å²) in [5.74, 6) is -0.0673. The van der Waals surface area contributed by atoms with Crippen molar-refractivity contribution < 1.29 is 9.90 Å². The van der Waals surface area contributed by atoms with Crippen LogP contribution >= 0.6 is 11.3 Å². The van der Waals surface area contributed by atoms with Crippen LogP contribution in [0.15, 0.2) is 6.07 Å². The van der Waals surface area contributed by atoms with Gasteiger partial charge in [-0.1, -0.05) is 0 Å². The molecule has 0 saturated carbocycles. The Morgan fingerprint density at radius 3 is 3.05 bits per heavy atom. The standard InChI is InChI=1S/C15H19N3O2S/c1-8-6-11-12(9(2)17-8)13(16)14(21-11)15(20)18-5-3-4-10(18)7-19/h6,10,19H,3-5,7,16H2,1-2H3. The van der Waals surface area contributed by atoms with Gasteiger partial charge < -0.3 is 15.7 Å². The summed E-state index contributed by atoms with van der Waals surface area (Å²) in [6, 6.07) is 1.89. The molecule has 6 heteroatoms. The maximum Gasteiger partial charge on any atom is 0.266 e. The maximum absolute atomic E-state index is 12.7. The number of aliphatic hydroxyl groups is 1. The van der Waals surface area contributed by atoms with Crippen LogP contribution in [0, 0.1) is 13.8 Å². The molecule has 2 aromatic heterocycles. The first-order valence-electron chi connectivity index (χ1n) is 7.11. The molecule has 0 aromatic carbocycles. The number of rotatable bonds is 2. The number of hydrogen-bond acceptors (Lipinski definition) is 5. The lowest BCUT2D eigenvalue weighted by molar-refractivity contribution is 0.0683. The fourth-order valence-electron chi connectivity index (χ4n) is 3.06. The number of aliphatic hydroxyl groups excluding tert-OH is 1. The first kappa shape index (κ1) is 14.3. The Bertz CT molecular complexity index is 710. The van der Waals surface area contributed by atoms with Gasteiger partial charge in [-0.15, -0.1) is 11.3 Å². The Labute approximate surface area is 127 Å². The van der Waals surface area contributed by atoms with Gasteiger partial charge in [0.1, 0.15) is 4.88 Å². The number of aromatic nitrogens is 1. The third-order valence-electron chi connectivity index (χ3n) is 4.06. The van der Waals surface area contributed by atoms with Gasteiger partial charge in [-0.2, -0.15) is 0 Å². The number of pyridine rings is 1. The fourth-order valence-corrected chi connectivity index (χ4v) is 4.29. The monoisotopic (exact) mass is 305 g/mol. The summed E-state index contributed by atoms with van der Waals surface area (Å²) in [6.07, 6.45) is 1.79. The molecule has 1 saturated heterocycles. The topological polar surface area (TPSA) is 79.5 Å². The first-order chi connectivity index (χ1) is 10.0. The molecule has 0 radical (unpaired) electrons. The molecule has 3 N–H and O–H groups in total. The van der Waals surface area contributed by atoms with Crippen molar-refractivity contribution in [2.75, 3.05) is 18.9 Å². The van der Waals surface area contributed by atoms with Crippen LogP contribution < -0.4 is 5.73 Å². The largest absolute Gasteiger partial charge is 0.397 e. The van der Waals surface area contributed by atoms with Crippen LogP contribution in [0.2, 0.25) is 0 Å². The number of fused-ring (bicyclic) bond motifs is 1. The lowest BCUT2D eigenvalue weighted by Crippen LogP contribution is -2.37. The SMILES string of the molecule is Cc1cc2sc(C(=O)N3CCCC3CO)c(N)c2c(C)n1. The van der Waals surface area contributed by atoms with E-state index in [1.54, 1.807) is 4.90 Å². The average molecular weight is 305 g/mol. The first-order valence-corrected chi connectivity index (χ1v) is 7.92. The smallest absolute Gasteiger partial charge is 0.266 e. The number of likely N-dealkylation sites (tertiary alicyclic amines) is 1. The van der Waals surface area contributed by atoms with Crippen molar-refractivity contribution in [1.82, 2.24) is 9.88 Å². The van der Waals surface area contributed by atoms with E-state index in [1.807, 2.05) is 19.9 Å². The molecule has 1 fully saturated rings. The quantitative estimate of drug-likeness (QED) is 0.890. The highest BCUT2D eigenvalue weighted by Gasteiger charge is 2.31. The highest BCUT2D eigenvalue weighted by Crippen LogP contribution is 2.37. The summed E-state index contributed by atoms with van der Waals surface area (Å²) < 4.78 is 1.00. The van der Waals surface area contributed by atoms with E-state index >= 15 is 0 Å². The van der Waals surface area contributed by atoms with Crippen molar-refractivity contribution in [1.29, 1.82) is 0 Å². The number of nitrogens with two attached hydrogens (primary N) is 1. The second kappa shape index (κ2) is 5.27. The van der Waals surface area contributed by atoms with Crippen molar-refractivity contribution >= 4 is 33.0 Å². The number of nitrogens with zero attached hydrogens (tertiary/aromatic N) is 2. The fraction of sp³-hybridized carbons (Fsp3) is 0.467. The van der Waals surface area contributed by atoms with E-state index in [0.29, 0.717) is 17.1 Å². The minimum Gasteiger partial charge on any atom is -0.397 e. The van der Waals surface area contributed by atoms with E-state index in [9.17, 15) is 9.90 Å². The number of carbonyl (C=O) groups excluding carboxylic acids is 1. The molecule has 112 valence electrons. The molecule has 21 heavy (non-hydrogen) atoms. The summed E-state index contributed by atoms with van der Waals surface area (Å²) >= 11 is 1.42. The Balaban J connectivity index is 2.06. The lowest BCUT2D eigenvalue weighted by Gasteiger charge is -2.22. The van der Waals surface area contributed by atoms with E-state index in [-0.39, 0.29) is 18.6 Å². The number of nitrogen functional groups attached to an aromatic ring is 1. The minimum absolute atomic E-state index is 0.0102. The van der Waals surface area contributed by atoms with E-state index in [2.05, 4.69) is 4.98 Å². The van der Waals surface area contributed by atoms with Gasteiger partial charge in [0.25, 0.3) is 5.91 Å². The van der Waals surface area contributed by atoms with Crippen LogP contribution in [0.5, 0.6) is 0 Å². The molecule has 1 amide bonds. The van der Waals surface area contributed by atoms with Crippen LogP contribution in [0.1, 0.15) is 33.9 Å². The van der Waals surface area contributed by atoms with Crippen molar-refractivity contribution in [3.63, 3.8) is 0 Å². The zero-order valence-electron chi connectivity index (χ0n) is 12.2. The van der Waals surface area contributed by atoms with Gasteiger partial charge >= 0.3 is 0 Å². The molecule has 1 aliphatic rings. The molecule has 1 unspecified atom stereocenters. The molecule has 2 aromatic rings. The average Bonchev–Trinajstić information content (AvgIpc) is 3.02. The van der Waals surface area contributed by atoms with Crippen molar-refractivity contribution in [3.8, 4) is 0 Å². The molecule has 1 aliphatic heterocycles. The number of hydrogen-bond donors (Lipinski definition) is 2. The zero-order valence-corrected chi connectivity index (χ0v) is 13.0. The third-order valence-corrected chi connectivity index (χ3v) is 5.20. The molecular formula is C15H19N3O2S. The zero-order chi connectivity index (χ0) is 15.1. The van der Waals surface area contributed by atoms with Gasteiger partial charge in [-0.3, -0.25) is 9.78 Å². The van der Waals surface area contributed by atoms with Crippen LogP contribution in [-0.2, 0) is 0 Å². The van der Waals surface area contributed by atoms with E-state index in [1.165, 1.54) is 11.3 Å². The Hall–Kier alpha value is -1.66. The van der Waals surface area contributed by atoms with E-state index in [4.69, 9.17) is 5.73 Å². The predicted molar refractivity (Wildman–Crippen MR) is 84.7 cm³/mol. The van der Waals surface area contributed by atoms with E-state index < -0.39 is 0 Å². The number of aryl methyl sites for hydroxylation is 2. The van der Waals surface area contributed by atoms with Crippen molar-refractivity contribution in [2.24, 2.45) is 0 Å². The highest BCUT2D eigenvalue weighted by molar-refractivity contribution is 7.21. The van der Waals surface area contributed by atoms with Crippen LogP contribution in [0.25, 0.3) is 10.1 Å². The number of amides is 1. The highest BCUT2D eigenvalue weighted by atomic mass is 32.1. The van der Waals surface area contributed by atoms with Crippen molar-refractivity contribution in [3.05, 3.63) is 22.3 Å². The molecular weight excluding hydrogens is 286 g/mol. The second-order valence-electron chi connectivity index (χ2n) is 5.54. The minimum atomic E-state index is -0.0805. The van der Waals surface area contributed by atoms with Gasteiger partial charge in [-0.25, -0.2) is 0 Å². The predicted octanol–water partition coefficient (Wildman–Crippen LogP) is 2.09. The summed E-state index contributed by atoms with van der Waals surface area (Å²) in [5.41, 5.74) is 8.51. The van der Waals surface area contributed by atoms with Gasteiger partial charge in [0.05, 0.1) is 18.3 Å². The molecule has 3 heterocycles. The maximum atomic E-state index is 12.7. The molecule has 5 nitrogen and oxygen atoms in total. The number of carbonyl (C=O) groups is 1. The summed E-state index contributed by atoms with van der Waals surface area (Å²) in [5, 5.41) is 10.3. The molecule has 3 rings (SSSR count). The second-order valence-corrected chi connectivity index (χ2v) is 6.60. The van der Waals surface area contributed by atoms with Gasteiger partial charge in [0.15, 0.2) is 0 Å². The summed E-state index contributed by atoms with van der Waals surface area (Å²) in [4.78, 5) is 19.5. The lowest BCUT2D eigenvalue weighted by atomic mass is 10.2. The Kier molecular flexibility index (Phi) is 3.59. The van der Waals surface area contributed by atoms with Crippen molar-refractivity contribution in [2.45, 2.75) is 32.7 Å². The Morgan fingerprint density at radius 2 is 2.33 bits per heavy atom. The summed E-state index contributed by atoms with van der Waals surface area (Å²) in [6.45, 7) is 4.55. The van der Waals surface area contributed by atoms with Crippen LogP contribution in [0.3, 0.4) is 0 Å². The molecule has 0 bridgehead atoms. The van der Waals surface area contributed by atoms with Crippen LogP contribution in [0.4, 0.5) is 5.69 Å².